The van der Waals surface area contributed by atoms with Crippen molar-refractivity contribution in [3.8, 4) is 0 Å². The Morgan fingerprint density at radius 1 is 1.60 bits per heavy atom. The van der Waals surface area contributed by atoms with Crippen molar-refractivity contribution >= 4 is 0 Å². The van der Waals surface area contributed by atoms with Crippen LogP contribution >= 0.6 is 0 Å². The molecule has 2 unspecified atom stereocenters. The average molecular weight is 212 g/mol. The van der Waals surface area contributed by atoms with Crippen molar-refractivity contribution in [1.29, 1.82) is 0 Å². The van der Waals surface area contributed by atoms with Gasteiger partial charge >= 0.3 is 0 Å². The Morgan fingerprint density at radius 2 is 2.30 bits per heavy atom. The van der Waals surface area contributed by atoms with Crippen LogP contribution in [0.2, 0.25) is 0 Å². The van der Waals surface area contributed by atoms with Crippen LogP contribution in [-0.2, 0) is 32.7 Å². The second kappa shape index (κ2) is 5.31. The summed E-state index contributed by atoms with van der Waals surface area (Å²) in [5, 5.41) is 3.21. The Kier molecular flexibility index (Phi) is 5.66. The first-order valence-corrected chi connectivity index (χ1v) is 3.38. The van der Waals surface area contributed by atoms with E-state index in [-0.39, 0.29) is 32.7 Å². The summed E-state index contributed by atoms with van der Waals surface area (Å²) < 4.78 is 0. The van der Waals surface area contributed by atoms with Crippen molar-refractivity contribution < 1.29 is 32.7 Å². The number of hydrogen-bond donors (Lipinski definition) is 1. The zero-order valence-corrected chi connectivity index (χ0v) is 9.05. The third-order valence-electron chi connectivity index (χ3n) is 1.75. The number of allylic oxidation sites excluding steroid dienone is 1. The van der Waals surface area contributed by atoms with Gasteiger partial charge in [-0.1, -0.05) is 12.5 Å². The van der Waals surface area contributed by atoms with Gasteiger partial charge in [-0.25, -0.2) is 0 Å². The monoisotopic (exact) mass is 212 g/mol. The quantitative estimate of drug-likeness (QED) is 0.650. The Morgan fingerprint density at radius 3 is 2.70 bits per heavy atom. The third kappa shape index (κ3) is 2.71. The van der Waals surface area contributed by atoms with Gasteiger partial charge in [-0.3, -0.25) is 0 Å². The van der Waals surface area contributed by atoms with Crippen molar-refractivity contribution in [3.05, 3.63) is 26.1 Å². The van der Waals surface area contributed by atoms with Crippen molar-refractivity contribution in [1.82, 2.24) is 5.32 Å². The first-order chi connectivity index (χ1) is 4.34. The normalized spacial score (nSPS) is 30.6. The first-order valence-electron chi connectivity index (χ1n) is 3.38. The largest absolute Gasteiger partial charge is 0.393 e. The smallest absolute Gasteiger partial charge is 0 e. The maximum atomic E-state index is 4.00. The molecule has 0 amide bonds. The van der Waals surface area contributed by atoms with E-state index in [4.69, 9.17) is 0 Å². The van der Waals surface area contributed by atoms with Gasteiger partial charge in [0.2, 0.25) is 0 Å². The minimum atomic E-state index is 0. The van der Waals surface area contributed by atoms with E-state index in [1.54, 1.807) is 0 Å². The topological polar surface area (TPSA) is 12.0 Å². The number of nitrogens with one attached hydrogen (secondary N) is 1. The zero-order valence-electron chi connectivity index (χ0n) is 6.22. The Hall–Kier alpha value is 0.644. The van der Waals surface area contributed by atoms with Crippen LogP contribution in [0.3, 0.4) is 0 Å². The molecule has 1 nitrogen and oxygen atoms in total. The Labute approximate surface area is 88.5 Å². The second-order valence-electron chi connectivity index (χ2n) is 2.46. The van der Waals surface area contributed by atoms with Crippen molar-refractivity contribution in [2.45, 2.75) is 18.9 Å². The fraction of sp³-hybridized carbons (Fsp3) is 0.500. The predicted octanol–water partition coefficient (Wildman–Crippen LogP) is 1.53. The van der Waals surface area contributed by atoms with Crippen LogP contribution in [0.25, 0.3) is 0 Å². The molecule has 1 heterocycles. The first kappa shape index (κ1) is 10.6. The maximum Gasteiger partial charge on any atom is 0 e. The molecule has 55 valence electrons. The Balaban J connectivity index is 0.000000810. The molecule has 2 heteroatoms. The van der Waals surface area contributed by atoms with E-state index in [0.29, 0.717) is 12.0 Å². The molecule has 0 saturated heterocycles. The van der Waals surface area contributed by atoms with Crippen LogP contribution in [0.4, 0.5) is 0 Å². The van der Waals surface area contributed by atoms with Crippen molar-refractivity contribution in [2.75, 3.05) is 0 Å². The van der Waals surface area contributed by atoms with Crippen molar-refractivity contribution in [3.63, 3.8) is 0 Å². The molecule has 0 bridgehead atoms. The molecule has 1 radical (unpaired) electrons. The minimum absolute atomic E-state index is 0. The summed E-state index contributed by atoms with van der Waals surface area (Å²) >= 11 is 0. The molecular weight excluding hydrogens is 199 g/mol. The van der Waals surface area contributed by atoms with Gasteiger partial charge in [0.1, 0.15) is 0 Å². The van der Waals surface area contributed by atoms with Gasteiger partial charge in [0.15, 0.2) is 0 Å². The molecule has 0 spiro atoms. The van der Waals surface area contributed by atoms with Crippen molar-refractivity contribution in [2.24, 2.45) is 5.92 Å². The zero-order chi connectivity index (χ0) is 6.69. The summed E-state index contributed by atoms with van der Waals surface area (Å²) in [6.45, 7) is 7.82. The SMILES string of the molecule is [CH2-]CC1NC=CCC1[CH2-].[Y]. The van der Waals surface area contributed by atoms with Crippen LogP contribution in [0.15, 0.2) is 12.3 Å². The summed E-state index contributed by atoms with van der Waals surface area (Å²) in [5.41, 5.74) is 0. The van der Waals surface area contributed by atoms with Crippen LogP contribution < -0.4 is 5.32 Å². The summed E-state index contributed by atoms with van der Waals surface area (Å²) in [6, 6.07) is 0.495. The third-order valence-corrected chi connectivity index (χ3v) is 1.75. The van der Waals surface area contributed by atoms with E-state index in [1.807, 2.05) is 6.20 Å². The predicted molar refractivity (Wildman–Crippen MR) is 39.5 cm³/mol. The summed E-state index contributed by atoms with van der Waals surface area (Å²) in [5.74, 6) is 0.507. The molecule has 0 aromatic heterocycles. The van der Waals surface area contributed by atoms with Crippen LogP contribution in [0.1, 0.15) is 12.8 Å². The summed E-state index contributed by atoms with van der Waals surface area (Å²) in [6.07, 6.45) is 6.13. The van der Waals surface area contributed by atoms with E-state index < -0.39 is 0 Å². The summed E-state index contributed by atoms with van der Waals surface area (Å²) in [7, 11) is 0. The molecule has 1 rings (SSSR count). The van der Waals surface area contributed by atoms with E-state index in [9.17, 15) is 0 Å². The fourth-order valence-corrected chi connectivity index (χ4v) is 1.05. The second-order valence-corrected chi connectivity index (χ2v) is 2.46. The molecule has 0 saturated carbocycles. The van der Waals surface area contributed by atoms with E-state index in [1.165, 1.54) is 0 Å². The van der Waals surface area contributed by atoms with E-state index >= 15 is 0 Å². The number of rotatable bonds is 1. The molecule has 0 fully saturated rings. The van der Waals surface area contributed by atoms with Gasteiger partial charge < -0.3 is 19.2 Å². The standard InChI is InChI=1S/C8H13N.Y/c1-3-8-7(2)5-4-6-9-8;/h4,6-9H,1-3,5H2;/q-2;. The fourth-order valence-electron chi connectivity index (χ4n) is 1.05. The average Bonchev–Trinajstić information content (AvgIpc) is 1.89. The maximum absolute atomic E-state index is 4.00. The summed E-state index contributed by atoms with van der Waals surface area (Å²) in [4.78, 5) is 0. The molecule has 1 N–H and O–H groups in total. The Bertz CT molecular complexity index is 112. The van der Waals surface area contributed by atoms with Crippen LogP contribution in [0.5, 0.6) is 0 Å². The molecule has 0 aromatic rings. The molecule has 0 aliphatic carbocycles. The minimum Gasteiger partial charge on any atom is -0.393 e. The molecular formula is C8H13NY-2. The van der Waals surface area contributed by atoms with Gasteiger partial charge in [-0.15, -0.1) is 5.92 Å². The molecule has 1 aliphatic rings. The molecule has 0 aromatic carbocycles. The van der Waals surface area contributed by atoms with Gasteiger partial charge in [0, 0.05) is 32.7 Å². The van der Waals surface area contributed by atoms with E-state index in [2.05, 4.69) is 25.2 Å². The van der Waals surface area contributed by atoms with Crippen LogP contribution in [0, 0.1) is 19.8 Å². The molecule has 10 heavy (non-hydrogen) atoms. The van der Waals surface area contributed by atoms with E-state index in [0.717, 1.165) is 12.8 Å². The number of hydrogen-bond acceptors (Lipinski definition) is 1. The molecule has 2 atom stereocenters. The van der Waals surface area contributed by atoms with Gasteiger partial charge in [-0.2, -0.15) is 6.42 Å². The van der Waals surface area contributed by atoms with Gasteiger partial charge in [-0.05, 0) is 12.2 Å². The van der Waals surface area contributed by atoms with Gasteiger partial charge in [0.05, 0.1) is 0 Å². The van der Waals surface area contributed by atoms with Crippen LogP contribution in [-0.4, -0.2) is 6.04 Å². The van der Waals surface area contributed by atoms with Gasteiger partial charge in [0.25, 0.3) is 0 Å². The molecule has 1 aliphatic heterocycles.